The van der Waals surface area contributed by atoms with Gasteiger partial charge in [0.05, 0.1) is 38.6 Å². The van der Waals surface area contributed by atoms with Gasteiger partial charge in [0.25, 0.3) is 5.91 Å². The summed E-state index contributed by atoms with van der Waals surface area (Å²) in [6, 6.07) is 8.54. The molecule has 8 heteroatoms. The molecule has 1 N–H and O–H groups in total. The molecule has 150 valence electrons. The lowest BCUT2D eigenvalue weighted by molar-refractivity contribution is 0.0954. The first-order valence-electron chi connectivity index (χ1n) is 8.59. The third-order valence-electron chi connectivity index (χ3n) is 3.72. The Hall–Kier alpha value is -2.74. The van der Waals surface area contributed by atoms with Crippen LogP contribution in [0.2, 0.25) is 0 Å². The van der Waals surface area contributed by atoms with Crippen molar-refractivity contribution in [2.45, 2.75) is 13.3 Å². The first-order valence-corrected chi connectivity index (χ1v) is 9.39. The number of ether oxygens (including phenoxy) is 4. The van der Waals surface area contributed by atoms with E-state index in [0.29, 0.717) is 35.2 Å². The summed E-state index contributed by atoms with van der Waals surface area (Å²) >= 11 is 3.42. The standard InChI is InChI=1S/C20H23BrN2O5/c1-5-8-28-16-7-6-14(11-17(16)25-2)20(24)23-22-12-13-9-15(21)19(27-4)18(10-13)26-3/h6-7,9-12H,5,8H2,1-4H3,(H,23,24)/b22-12+. The highest BCUT2D eigenvalue weighted by Gasteiger charge is 2.12. The van der Waals surface area contributed by atoms with Crippen molar-refractivity contribution in [3.05, 3.63) is 45.9 Å². The average molecular weight is 451 g/mol. The Morgan fingerprint density at radius 3 is 2.46 bits per heavy atom. The van der Waals surface area contributed by atoms with Gasteiger partial charge in [0.2, 0.25) is 0 Å². The summed E-state index contributed by atoms with van der Waals surface area (Å²) in [5.74, 6) is 1.86. The second-order valence-electron chi connectivity index (χ2n) is 5.65. The zero-order chi connectivity index (χ0) is 20.5. The summed E-state index contributed by atoms with van der Waals surface area (Å²) in [5.41, 5.74) is 3.63. The van der Waals surface area contributed by atoms with Gasteiger partial charge in [-0.25, -0.2) is 5.43 Å². The largest absolute Gasteiger partial charge is 0.493 e. The molecule has 0 atom stereocenters. The monoisotopic (exact) mass is 450 g/mol. The second kappa shape index (κ2) is 10.6. The van der Waals surface area contributed by atoms with Gasteiger partial charge in [-0.15, -0.1) is 0 Å². The van der Waals surface area contributed by atoms with Crippen molar-refractivity contribution in [3.63, 3.8) is 0 Å². The van der Waals surface area contributed by atoms with Crippen LogP contribution in [0.25, 0.3) is 0 Å². The molecule has 0 aromatic heterocycles. The Morgan fingerprint density at radius 1 is 1.07 bits per heavy atom. The molecule has 2 aromatic carbocycles. The topological polar surface area (TPSA) is 78.4 Å². The van der Waals surface area contributed by atoms with Crippen LogP contribution in [-0.2, 0) is 0 Å². The fraction of sp³-hybridized carbons (Fsp3) is 0.300. The van der Waals surface area contributed by atoms with Gasteiger partial charge >= 0.3 is 0 Å². The minimum atomic E-state index is -0.365. The van der Waals surface area contributed by atoms with E-state index in [0.717, 1.165) is 16.5 Å². The molecule has 0 aliphatic carbocycles. The van der Waals surface area contributed by atoms with Crippen molar-refractivity contribution in [2.75, 3.05) is 27.9 Å². The Bertz CT molecular complexity index is 855. The van der Waals surface area contributed by atoms with E-state index < -0.39 is 0 Å². The zero-order valence-corrected chi connectivity index (χ0v) is 17.8. The highest BCUT2D eigenvalue weighted by molar-refractivity contribution is 9.10. The van der Waals surface area contributed by atoms with Gasteiger partial charge in [0.1, 0.15) is 0 Å². The number of benzene rings is 2. The van der Waals surface area contributed by atoms with Gasteiger partial charge < -0.3 is 18.9 Å². The van der Waals surface area contributed by atoms with E-state index in [1.54, 1.807) is 44.6 Å². The summed E-state index contributed by atoms with van der Waals surface area (Å²) in [4.78, 5) is 12.3. The first-order chi connectivity index (χ1) is 13.5. The predicted octanol–water partition coefficient (Wildman–Crippen LogP) is 4.03. The number of methoxy groups -OCH3 is 3. The molecule has 1 amide bonds. The van der Waals surface area contributed by atoms with Gasteiger partial charge in [-0.1, -0.05) is 6.92 Å². The second-order valence-corrected chi connectivity index (χ2v) is 6.51. The molecule has 0 spiro atoms. The summed E-state index contributed by atoms with van der Waals surface area (Å²) < 4.78 is 22.2. The van der Waals surface area contributed by atoms with E-state index in [2.05, 4.69) is 26.5 Å². The molecular weight excluding hydrogens is 428 g/mol. The number of nitrogens with one attached hydrogen (secondary N) is 1. The molecule has 0 fully saturated rings. The van der Waals surface area contributed by atoms with Crippen molar-refractivity contribution in [1.82, 2.24) is 5.43 Å². The van der Waals surface area contributed by atoms with Gasteiger partial charge in [0.15, 0.2) is 23.0 Å². The summed E-state index contributed by atoms with van der Waals surface area (Å²) in [5, 5.41) is 4.00. The fourth-order valence-electron chi connectivity index (χ4n) is 2.38. The van der Waals surface area contributed by atoms with E-state index in [1.165, 1.54) is 13.3 Å². The molecule has 0 bridgehead atoms. The van der Waals surface area contributed by atoms with Gasteiger partial charge in [0, 0.05) is 5.56 Å². The van der Waals surface area contributed by atoms with Crippen LogP contribution in [0.5, 0.6) is 23.0 Å². The van der Waals surface area contributed by atoms with E-state index in [9.17, 15) is 4.79 Å². The first kappa shape index (κ1) is 21.6. The molecule has 2 aromatic rings. The van der Waals surface area contributed by atoms with Crippen LogP contribution in [0.4, 0.5) is 0 Å². The Morgan fingerprint density at radius 2 is 1.82 bits per heavy atom. The molecule has 0 saturated carbocycles. The Labute approximate surface area is 172 Å². The molecule has 0 unspecified atom stereocenters. The fourth-order valence-corrected chi connectivity index (χ4v) is 3.00. The number of carbonyl (C=O) groups excluding carboxylic acids is 1. The van der Waals surface area contributed by atoms with Crippen molar-refractivity contribution in [2.24, 2.45) is 5.10 Å². The van der Waals surface area contributed by atoms with Crippen LogP contribution in [0.15, 0.2) is 39.9 Å². The number of rotatable bonds is 9. The number of carbonyl (C=O) groups is 1. The molecule has 0 saturated heterocycles. The molecule has 28 heavy (non-hydrogen) atoms. The third-order valence-corrected chi connectivity index (χ3v) is 4.31. The van der Waals surface area contributed by atoms with Crippen LogP contribution in [0, 0.1) is 0 Å². The van der Waals surface area contributed by atoms with Crippen LogP contribution < -0.4 is 24.4 Å². The quantitative estimate of drug-likeness (QED) is 0.460. The highest BCUT2D eigenvalue weighted by Crippen LogP contribution is 2.35. The summed E-state index contributed by atoms with van der Waals surface area (Å²) in [7, 11) is 4.64. The third kappa shape index (κ3) is 5.39. The van der Waals surface area contributed by atoms with Crippen LogP contribution >= 0.6 is 15.9 Å². The van der Waals surface area contributed by atoms with Gasteiger partial charge in [-0.3, -0.25) is 4.79 Å². The zero-order valence-electron chi connectivity index (χ0n) is 16.2. The van der Waals surface area contributed by atoms with E-state index in [1.807, 2.05) is 6.92 Å². The van der Waals surface area contributed by atoms with Crippen molar-refractivity contribution < 1.29 is 23.7 Å². The lowest BCUT2D eigenvalue weighted by Gasteiger charge is -2.11. The van der Waals surface area contributed by atoms with Crippen LogP contribution in [-0.4, -0.2) is 40.1 Å². The maximum Gasteiger partial charge on any atom is 0.271 e. The highest BCUT2D eigenvalue weighted by atomic mass is 79.9. The van der Waals surface area contributed by atoms with Crippen molar-refractivity contribution >= 4 is 28.1 Å². The Balaban J connectivity index is 2.10. The number of amides is 1. The molecule has 0 aliphatic rings. The van der Waals surface area contributed by atoms with E-state index in [4.69, 9.17) is 18.9 Å². The summed E-state index contributed by atoms with van der Waals surface area (Å²) in [6.45, 7) is 2.59. The van der Waals surface area contributed by atoms with Gasteiger partial charge in [-0.05, 0) is 58.2 Å². The summed E-state index contributed by atoms with van der Waals surface area (Å²) in [6.07, 6.45) is 2.40. The maximum atomic E-state index is 12.3. The van der Waals surface area contributed by atoms with Crippen LogP contribution in [0.3, 0.4) is 0 Å². The number of hydrogen-bond acceptors (Lipinski definition) is 6. The van der Waals surface area contributed by atoms with E-state index >= 15 is 0 Å². The number of hydrogen-bond donors (Lipinski definition) is 1. The Kier molecular flexibility index (Phi) is 8.13. The van der Waals surface area contributed by atoms with E-state index in [-0.39, 0.29) is 5.91 Å². The van der Waals surface area contributed by atoms with Crippen molar-refractivity contribution in [1.29, 1.82) is 0 Å². The molecule has 2 rings (SSSR count). The van der Waals surface area contributed by atoms with Crippen molar-refractivity contribution in [3.8, 4) is 23.0 Å². The molecule has 7 nitrogen and oxygen atoms in total. The number of nitrogens with zero attached hydrogens (tertiary/aromatic N) is 1. The lowest BCUT2D eigenvalue weighted by Crippen LogP contribution is -2.17. The smallest absolute Gasteiger partial charge is 0.271 e. The minimum absolute atomic E-state index is 0.365. The maximum absolute atomic E-state index is 12.3. The number of halogens is 1. The normalized spacial score (nSPS) is 10.6. The minimum Gasteiger partial charge on any atom is -0.493 e. The number of hydrazone groups is 1. The average Bonchev–Trinajstić information content (AvgIpc) is 2.71. The predicted molar refractivity (Wildman–Crippen MR) is 111 cm³/mol. The molecule has 0 radical (unpaired) electrons. The molecule has 0 heterocycles. The molecular formula is C20H23BrN2O5. The van der Waals surface area contributed by atoms with Crippen LogP contribution in [0.1, 0.15) is 29.3 Å². The van der Waals surface area contributed by atoms with Gasteiger partial charge in [-0.2, -0.15) is 5.10 Å². The molecule has 0 aliphatic heterocycles. The SMILES string of the molecule is CCCOc1ccc(C(=O)N/N=C/c2cc(Br)c(OC)c(OC)c2)cc1OC. The lowest BCUT2D eigenvalue weighted by atomic mass is 10.2.